The summed E-state index contributed by atoms with van der Waals surface area (Å²) < 4.78 is 15.7. The molecule has 1 aromatic rings. The molecule has 0 unspecified atom stereocenters. The highest BCUT2D eigenvalue weighted by Gasteiger charge is 2.53. The number of hydrogen-bond donors (Lipinski definition) is 1. The lowest BCUT2D eigenvalue weighted by Crippen LogP contribution is -2.56. The Labute approximate surface area is 172 Å². The predicted octanol–water partition coefficient (Wildman–Crippen LogP) is 3.34. The molecule has 4 saturated carbocycles. The van der Waals surface area contributed by atoms with E-state index in [1.807, 2.05) is 6.07 Å². The molecule has 4 fully saturated rings. The molecule has 0 spiro atoms. The Morgan fingerprint density at radius 3 is 2.21 bits per heavy atom. The first-order valence-electron chi connectivity index (χ1n) is 10.7. The minimum absolute atomic E-state index is 0.118. The van der Waals surface area contributed by atoms with Crippen molar-refractivity contribution in [2.45, 2.75) is 51.5 Å². The average Bonchev–Trinajstić information content (AvgIpc) is 2.70. The van der Waals surface area contributed by atoms with Crippen molar-refractivity contribution in [1.82, 2.24) is 5.32 Å². The number of carbonyl (C=O) groups excluding carboxylic acids is 2. The second-order valence-electron chi connectivity index (χ2n) is 9.17. The van der Waals surface area contributed by atoms with Crippen molar-refractivity contribution >= 4 is 11.9 Å². The van der Waals surface area contributed by atoms with Crippen molar-refractivity contribution < 1.29 is 23.8 Å². The first kappa shape index (κ1) is 20.0. The summed E-state index contributed by atoms with van der Waals surface area (Å²) in [5.74, 6) is 2.71. The summed E-state index contributed by atoms with van der Waals surface area (Å²) >= 11 is 0. The van der Waals surface area contributed by atoms with Crippen molar-refractivity contribution in [2.75, 3.05) is 20.3 Å². The van der Waals surface area contributed by atoms with Gasteiger partial charge >= 0.3 is 5.97 Å². The largest absolute Gasteiger partial charge is 0.493 e. The van der Waals surface area contributed by atoms with E-state index in [-0.39, 0.29) is 30.6 Å². The second kappa shape index (κ2) is 8.25. The van der Waals surface area contributed by atoms with Crippen LogP contribution in [0.4, 0.5) is 0 Å². The SMILES string of the molecule is COc1ccccc1OCC(=O)OCC(=O)N[C@@H](C)C12CC3CC(CC(C3)C1)C2. The first-order chi connectivity index (χ1) is 14.0. The van der Waals surface area contributed by atoms with E-state index in [0.29, 0.717) is 11.5 Å². The van der Waals surface area contributed by atoms with Crippen LogP contribution >= 0.6 is 0 Å². The van der Waals surface area contributed by atoms with Crippen LogP contribution in [-0.2, 0) is 14.3 Å². The van der Waals surface area contributed by atoms with Crippen molar-refractivity contribution in [1.29, 1.82) is 0 Å². The van der Waals surface area contributed by atoms with Gasteiger partial charge in [-0.3, -0.25) is 4.79 Å². The maximum atomic E-state index is 12.4. The molecule has 6 heteroatoms. The highest BCUT2D eigenvalue weighted by Crippen LogP contribution is 2.61. The van der Waals surface area contributed by atoms with Crippen LogP contribution in [-0.4, -0.2) is 38.2 Å². The zero-order valence-corrected chi connectivity index (χ0v) is 17.3. The summed E-state index contributed by atoms with van der Waals surface area (Å²) in [7, 11) is 1.54. The molecule has 6 nitrogen and oxygen atoms in total. The normalized spacial score (nSPS) is 30.5. The number of amides is 1. The van der Waals surface area contributed by atoms with Crippen LogP contribution in [0.15, 0.2) is 24.3 Å². The molecule has 5 rings (SSSR count). The van der Waals surface area contributed by atoms with E-state index >= 15 is 0 Å². The summed E-state index contributed by atoms with van der Waals surface area (Å²) in [5.41, 5.74) is 0.237. The fraction of sp³-hybridized carbons (Fsp3) is 0.652. The van der Waals surface area contributed by atoms with E-state index in [1.54, 1.807) is 18.2 Å². The molecule has 0 aliphatic heterocycles. The number of benzene rings is 1. The van der Waals surface area contributed by atoms with E-state index in [2.05, 4.69) is 12.2 Å². The molecule has 0 aromatic heterocycles. The first-order valence-corrected chi connectivity index (χ1v) is 10.7. The summed E-state index contributed by atoms with van der Waals surface area (Å²) in [6.07, 6.45) is 7.82. The molecule has 0 heterocycles. The lowest BCUT2D eigenvalue weighted by molar-refractivity contribution is -0.151. The molecule has 1 amide bonds. The van der Waals surface area contributed by atoms with Crippen LogP contribution in [0.3, 0.4) is 0 Å². The van der Waals surface area contributed by atoms with Crippen molar-refractivity contribution in [3.63, 3.8) is 0 Å². The highest BCUT2D eigenvalue weighted by atomic mass is 16.6. The van der Waals surface area contributed by atoms with Gasteiger partial charge in [-0.15, -0.1) is 0 Å². The second-order valence-corrected chi connectivity index (χ2v) is 9.17. The zero-order valence-electron chi connectivity index (χ0n) is 17.3. The van der Waals surface area contributed by atoms with Crippen molar-refractivity contribution in [2.24, 2.45) is 23.2 Å². The standard InChI is InChI=1S/C23H31NO5/c1-15(23-10-16-7-17(11-23)9-18(8-16)12-23)24-21(25)13-29-22(26)14-28-20-6-4-3-5-19(20)27-2/h3-6,15-18H,7-14H2,1-2H3,(H,24,25)/t15-,16?,17?,18?,23?/m0/s1. The van der Waals surface area contributed by atoms with Gasteiger partial charge in [-0.05, 0) is 80.8 Å². The Hall–Kier alpha value is -2.24. The van der Waals surface area contributed by atoms with E-state index < -0.39 is 5.97 Å². The molecule has 4 aliphatic carbocycles. The number of carbonyl (C=O) groups is 2. The maximum absolute atomic E-state index is 12.4. The molecule has 158 valence electrons. The smallest absolute Gasteiger partial charge is 0.344 e. The van der Waals surface area contributed by atoms with Gasteiger partial charge in [0.2, 0.25) is 0 Å². The molecule has 0 radical (unpaired) electrons. The predicted molar refractivity (Wildman–Crippen MR) is 108 cm³/mol. The van der Waals surface area contributed by atoms with Gasteiger partial charge in [-0.1, -0.05) is 12.1 Å². The van der Waals surface area contributed by atoms with Gasteiger partial charge in [0.15, 0.2) is 24.7 Å². The Kier molecular flexibility index (Phi) is 5.70. The van der Waals surface area contributed by atoms with Gasteiger partial charge in [0.05, 0.1) is 7.11 Å². The summed E-state index contributed by atoms with van der Waals surface area (Å²) in [4.78, 5) is 24.3. The van der Waals surface area contributed by atoms with Gasteiger partial charge in [0.25, 0.3) is 5.91 Å². The molecule has 29 heavy (non-hydrogen) atoms. The van der Waals surface area contributed by atoms with Gasteiger partial charge in [0, 0.05) is 6.04 Å². The van der Waals surface area contributed by atoms with Crippen molar-refractivity contribution in [3.8, 4) is 11.5 Å². The van der Waals surface area contributed by atoms with Crippen LogP contribution in [0, 0.1) is 23.2 Å². The fourth-order valence-electron chi connectivity index (χ4n) is 6.21. The van der Waals surface area contributed by atoms with E-state index in [4.69, 9.17) is 14.2 Å². The average molecular weight is 402 g/mol. The zero-order chi connectivity index (χ0) is 20.4. The summed E-state index contributed by atoms with van der Waals surface area (Å²) in [6.45, 7) is 1.58. The number of para-hydroxylation sites is 2. The van der Waals surface area contributed by atoms with Gasteiger partial charge in [-0.25, -0.2) is 4.79 Å². The molecular formula is C23H31NO5. The monoisotopic (exact) mass is 401 g/mol. The Morgan fingerprint density at radius 2 is 1.62 bits per heavy atom. The molecule has 4 aliphatic rings. The number of ether oxygens (including phenoxy) is 3. The number of methoxy groups -OCH3 is 1. The van der Waals surface area contributed by atoms with E-state index in [0.717, 1.165) is 17.8 Å². The van der Waals surface area contributed by atoms with Gasteiger partial charge in [0.1, 0.15) is 0 Å². The Morgan fingerprint density at radius 1 is 1.03 bits per heavy atom. The summed E-state index contributed by atoms with van der Waals surface area (Å²) in [5, 5.41) is 3.11. The molecular weight excluding hydrogens is 370 g/mol. The molecule has 1 aromatic carbocycles. The lowest BCUT2D eigenvalue weighted by Gasteiger charge is -2.59. The quantitative estimate of drug-likeness (QED) is 0.677. The lowest BCUT2D eigenvalue weighted by atomic mass is 9.48. The third kappa shape index (κ3) is 4.36. The number of rotatable bonds is 8. The minimum atomic E-state index is -0.575. The van der Waals surface area contributed by atoms with Crippen LogP contribution < -0.4 is 14.8 Å². The van der Waals surface area contributed by atoms with Gasteiger partial charge < -0.3 is 19.5 Å². The number of nitrogens with one attached hydrogen (secondary N) is 1. The van der Waals surface area contributed by atoms with E-state index in [1.165, 1.54) is 45.6 Å². The van der Waals surface area contributed by atoms with Gasteiger partial charge in [-0.2, -0.15) is 0 Å². The molecule has 4 bridgehead atoms. The van der Waals surface area contributed by atoms with Crippen molar-refractivity contribution in [3.05, 3.63) is 24.3 Å². The topological polar surface area (TPSA) is 73.9 Å². The highest BCUT2D eigenvalue weighted by molar-refractivity contribution is 5.81. The van der Waals surface area contributed by atoms with Crippen LogP contribution in [0.2, 0.25) is 0 Å². The Bertz CT molecular complexity index is 726. The number of hydrogen-bond acceptors (Lipinski definition) is 5. The van der Waals surface area contributed by atoms with Crippen LogP contribution in [0.1, 0.15) is 45.4 Å². The minimum Gasteiger partial charge on any atom is -0.493 e. The molecule has 1 N–H and O–H groups in total. The maximum Gasteiger partial charge on any atom is 0.344 e. The molecule has 0 saturated heterocycles. The van der Waals surface area contributed by atoms with Crippen LogP contribution in [0.5, 0.6) is 11.5 Å². The van der Waals surface area contributed by atoms with E-state index in [9.17, 15) is 9.59 Å². The number of esters is 1. The fourth-order valence-corrected chi connectivity index (χ4v) is 6.21. The molecule has 1 atom stereocenters. The summed E-state index contributed by atoms with van der Waals surface area (Å²) in [6, 6.07) is 7.19. The van der Waals surface area contributed by atoms with Crippen LogP contribution in [0.25, 0.3) is 0 Å². The third-order valence-corrected chi connectivity index (χ3v) is 7.16. The third-order valence-electron chi connectivity index (χ3n) is 7.16. The Balaban J connectivity index is 1.22.